The minimum atomic E-state index is -5.59. The first kappa shape index (κ1) is 55.6. The SMILES string of the molecule is CCOP(=O)(OCC)C(NC(=O)OCc1ccccc1)(c1cn(C[C@H](Cc2ccccc2)NC(=O)C(C)(C)N(Cc2ccc(OC)cc2)C(=O)[C@@H](NC(=O)OC(C)(C)C)[C@@H](C)CC)nn1)C(F)(F)F. The van der Waals surface area contributed by atoms with Crippen molar-refractivity contribution in [3.8, 4) is 5.75 Å². The second-order valence-corrected chi connectivity index (χ2v) is 19.9. The summed E-state index contributed by atoms with van der Waals surface area (Å²) in [6.07, 6.45) is -6.61. The molecule has 4 rings (SSSR count). The maximum Gasteiger partial charge on any atom is 0.429 e. The van der Waals surface area contributed by atoms with Gasteiger partial charge in [0.15, 0.2) is 0 Å². The molecule has 0 bridgehead atoms. The van der Waals surface area contributed by atoms with Gasteiger partial charge in [-0.1, -0.05) is 98.3 Å². The average Bonchev–Trinajstić information content (AvgIpc) is 3.76. The normalized spacial score (nSPS) is 14.3. The first-order valence-corrected chi connectivity index (χ1v) is 24.1. The number of alkyl halides is 3. The molecule has 1 aromatic heterocycles. The highest BCUT2D eigenvalue weighted by atomic mass is 31.2. The molecular weight excluding hydrogens is 923 g/mol. The van der Waals surface area contributed by atoms with E-state index in [2.05, 4.69) is 20.9 Å². The van der Waals surface area contributed by atoms with Crippen LogP contribution in [0.25, 0.3) is 0 Å². The Morgan fingerprint density at radius 3 is 1.90 bits per heavy atom. The number of hydrogen-bond donors (Lipinski definition) is 3. The number of nitrogens with zero attached hydrogens (tertiary/aromatic N) is 4. The average molecular weight is 988 g/mol. The van der Waals surface area contributed by atoms with Gasteiger partial charge >= 0.3 is 26.0 Å². The van der Waals surface area contributed by atoms with Crippen molar-refractivity contribution in [3.05, 3.63) is 114 Å². The number of halogens is 3. The molecule has 0 radical (unpaired) electrons. The molecule has 378 valence electrons. The molecule has 4 atom stereocenters. The lowest BCUT2D eigenvalue weighted by Gasteiger charge is -2.41. The predicted molar refractivity (Wildman–Crippen MR) is 251 cm³/mol. The van der Waals surface area contributed by atoms with Crippen molar-refractivity contribution in [1.82, 2.24) is 35.8 Å². The molecule has 0 aliphatic carbocycles. The van der Waals surface area contributed by atoms with Crippen molar-refractivity contribution in [2.75, 3.05) is 20.3 Å². The minimum Gasteiger partial charge on any atom is -0.497 e. The summed E-state index contributed by atoms with van der Waals surface area (Å²) < 4.78 is 89.4. The van der Waals surface area contributed by atoms with Crippen LogP contribution in [0.15, 0.2) is 91.1 Å². The topological polar surface area (TPSA) is 202 Å². The number of amides is 4. The Morgan fingerprint density at radius 2 is 1.38 bits per heavy atom. The molecule has 4 amide bonds. The smallest absolute Gasteiger partial charge is 0.429 e. The number of alkyl carbamates (subject to hydrolysis) is 2. The number of carbonyl (C=O) groups excluding carboxylic acids is 4. The molecular formula is C48H65F3N7O10P. The predicted octanol–water partition coefficient (Wildman–Crippen LogP) is 8.67. The van der Waals surface area contributed by atoms with Gasteiger partial charge in [-0.2, -0.15) is 13.2 Å². The Labute approximate surface area is 401 Å². The van der Waals surface area contributed by atoms with E-state index in [0.717, 1.165) is 16.4 Å². The number of hydrogen-bond acceptors (Lipinski definition) is 12. The van der Waals surface area contributed by atoms with E-state index in [4.69, 9.17) is 23.3 Å². The standard InChI is InChI=1S/C48H65F3N7O10P/c1-11-33(4)40(53-43(61)68-45(5,6)7)41(59)58(29-35-24-26-38(64-10)27-25-35)46(8,9)42(60)52-37(28-34-20-16-14-17-21-34)30-57-31-39(55-56-57)47(48(49,50)51,69(63,66-12-2)67-13-3)54-44(62)65-32-36-22-18-15-19-23-36/h14-27,31,33,37,40H,11-13,28-30,32H2,1-10H3,(H,52,60)(H,53,61)(H,54,62)/t33-,37-,40-,47?/m0/s1. The van der Waals surface area contributed by atoms with Gasteiger partial charge in [0.2, 0.25) is 11.8 Å². The number of aromatic nitrogens is 3. The summed E-state index contributed by atoms with van der Waals surface area (Å²) in [5.74, 6) is -1.12. The van der Waals surface area contributed by atoms with Crippen LogP contribution in [0.4, 0.5) is 22.8 Å². The fraction of sp³-hybridized carbons (Fsp3) is 0.500. The van der Waals surface area contributed by atoms with Crippen molar-refractivity contribution in [1.29, 1.82) is 0 Å². The van der Waals surface area contributed by atoms with Crippen LogP contribution in [0.1, 0.15) is 91.1 Å². The highest BCUT2D eigenvalue weighted by molar-refractivity contribution is 7.55. The van der Waals surface area contributed by atoms with Gasteiger partial charge in [0.1, 0.15) is 35.2 Å². The van der Waals surface area contributed by atoms with E-state index < -0.39 is 97.7 Å². The van der Waals surface area contributed by atoms with E-state index >= 15 is 13.2 Å². The number of rotatable bonds is 23. The molecule has 0 aliphatic heterocycles. The van der Waals surface area contributed by atoms with E-state index in [1.165, 1.54) is 39.7 Å². The molecule has 21 heteroatoms. The maximum absolute atomic E-state index is 15.8. The number of methoxy groups -OCH3 is 1. The zero-order valence-corrected chi connectivity index (χ0v) is 41.7. The van der Waals surface area contributed by atoms with Crippen LogP contribution in [-0.4, -0.2) is 93.6 Å². The van der Waals surface area contributed by atoms with Crippen LogP contribution in [0.2, 0.25) is 0 Å². The highest BCUT2D eigenvalue weighted by Crippen LogP contribution is 2.68. The first-order chi connectivity index (χ1) is 32.4. The summed E-state index contributed by atoms with van der Waals surface area (Å²) in [7, 11) is -3.96. The van der Waals surface area contributed by atoms with Crippen molar-refractivity contribution in [2.45, 2.75) is 130 Å². The lowest BCUT2D eigenvalue weighted by Crippen LogP contribution is -2.63. The minimum absolute atomic E-state index is 0.0952. The van der Waals surface area contributed by atoms with E-state index in [1.807, 2.05) is 6.92 Å². The van der Waals surface area contributed by atoms with E-state index in [0.29, 0.717) is 23.3 Å². The Kier molecular flexibility index (Phi) is 19.4. The summed E-state index contributed by atoms with van der Waals surface area (Å²) in [6.45, 7) is 12.5. The van der Waals surface area contributed by atoms with E-state index in [9.17, 15) is 23.7 Å². The third-order valence-corrected chi connectivity index (χ3v) is 13.7. The zero-order valence-electron chi connectivity index (χ0n) is 40.8. The second-order valence-electron chi connectivity index (χ2n) is 17.8. The Hall–Kier alpha value is -5.98. The molecule has 1 heterocycles. The maximum atomic E-state index is 15.8. The van der Waals surface area contributed by atoms with Crippen LogP contribution in [-0.2, 0) is 64.1 Å². The molecule has 1 unspecified atom stereocenters. The van der Waals surface area contributed by atoms with Gasteiger partial charge in [0, 0.05) is 6.54 Å². The van der Waals surface area contributed by atoms with Crippen molar-refractivity contribution in [3.63, 3.8) is 0 Å². The third-order valence-electron chi connectivity index (χ3n) is 11.0. The number of nitrogens with one attached hydrogen (secondary N) is 3. The van der Waals surface area contributed by atoms with E-state index in [1.54, 1.807) is 118 Å². The van der Waals surface area contributed by atoms with Gasteiger partial charge in [-0.3, -0.25) is 24.2 Å². The molecule has 0 aliphatic rings. The number of carbonyl (C=O) groups is 4. The summed E-state index contributed by atoms with van der Waals surface area (Å²) in [6, 6.07) is 21.9. The summed E-state index contributed by atoms with van der Waals surface area (Å²) in [4.78, 5) is 57.6. The van der Waals surface area contributed by atoms with Crippen molar-refractivity contribution >= 4 is 31.6 Å². The lowest BCUT2D eigenvalue weighted by molar-refractivity contribution is -0.179. The summed E-state index contributed by atoms with van der Waals surface area (Å²) in [5, 5.41) is 11.3. The fourth-order valence-electron chi connectivity index (χ4n) is 7.20. The highest BCUT2D eigenvalue weighted by Gasteiger charge is 2.72. The Bertz CT molecular complexity index is 2340. The summed E-state index contributed by atoms with van der Waals surface area (Å²) >= 11 is 0. The molecule has 17 nitrogen and oxygen atoms in total. The molecule has 3 aromatic carbocycles. The van der Waals surface area contributed by atoms with Crippen LogP contribution in [0, 0.1) is 5.92 Å². The van der Waals surface area contributed by atoms with Gasteiger partial charge in [0.25, 0.3) is 5.28 Å². The lowest BCUT2D eigenvalue weighted by atomic mass is 9.93. The van der Waals surface area contributed by atoms with Gasteiger partial charge in [-0.15, -0.1) is 5.10 Å². The molecule has 0 fully saturated rings. The molecule has 4 aromatic rings. The van der Waals surface area contributed by atoms with Crippen molar-refractivity contribution in [2.24, 2.45) is 5.92 Å². The van der Waals surface area contributed by atoms with Crippen LogP contribution in [0.3, 0.4) is 0 Å². The van der Waals surface area contributed by atoms with Gasteiger partial charge in [-0.05, 0) is 89.6 Å². The molecule has 3 N–H and O–H groups in total. The second kappa shape index (κ2) is 24.0. The van der Waals surface area contributed by atoms with Crippen LogP contribution < -0.4 is 20.7 Å². The molecule has 0 saturated carbocycles. The third kappa shape index (κ3) is 14.5. The molecule has 69 heavy (non-hydrogen) atoms. The van der Waals surface area contributed by atoms with Gasteiger partial charge in [0.05, 0.1) is 39.1 Å². The zero-order chi connectivity index (χ0) is 51.2. The van der Waals surface area contributed by atoms with Crippen LogP contribution in [0.5, 0.6) is 5.75 Å². The van der Waals surface area contributed by atoms with Crippen molar-refractivity contribution < 1.29 is 60.2 Å². The monoisotopic (exact) mass is 987 g/mol. The molecule has 0 spiro atoms. The number of benzene rings is 3. The molecule has 0 saturated heterocycles. The quantitative estimate of drug-likeness (QED) is 0.0598. The van der Waals surface area contributed by atoms with Gasteiger partial charge in [-0.25, -0.2) is 9.59 Å². The number of ether oxygens (including phenoxy) is 3. The van der Waals surface area contributed by atoms with E-state index in [-0.39, 0.29) is 19.5 Å². The Balaban J connectivity index is 1.79. The van der Waals surface area contributed by atoms with Crippen LogP contribution >= 0.6 is 7.60 Å². The largest absolute Gasteiger partial charge is 0.497 e. The summed E-state index contributed by atoms with van der Waals surface area (Å²) in [5.41, 5.74) is -1.79. The van der Waals surface area contributed by atoms with Gasteiger partial charge < -0.3 is 38.8 Å². The Morgan fingerprint density at radius 1 is 0.797 bits per heavy atom. The fourth-order valence-corrected chi connectivity index (χ4v) is 9.26. The first-order valence-electron chi connectivity index (χ1n) is 22.6.